The van der Waals surface area contributed by atoms with Crippen LogP contribution in [0.5, 0.6) is 5.75 Å². The van der Waals surface area contributed by atoms with Gasteiger partial charge in [-0.2, -0.15) is 0 Å². The molecular formula is C22H21ClO5. The highest BCUT2D eigenvalue weighted by molar-refractivity contribution is 6.33. The van der Waals surface area contributed by atoms with Crippen molar-refractivity contribution in [2.24, 2.45) is 0 Å². The molecule has 0 aliphatic carbocycles. The molecule has 1 heterocycles. The maximum absolute atomic E-state index is 12.9. The van der Waals surface area contributed by atoms with E-state index >= 15 is 0 Å². The minimum atomic E-state index is -0.710. The average molecular weight is 401 g/mol. The fourth-order valence-corrected chi connectivity index (χ4v) is 3.04. The summed E-state index contributed by atoms with van der Waals surface area (Å²) in [6.45, 7) is 4.13. The lowest BCUT2D eigenvalue weighted by atomic mass is 10.1. The average Bonchev–Trinajstić information content (AvgIpc) is 2.71. The minimum absolute atomic E-state index is 0.185. The number of fused-ring (bicyclic) bond motifs is 1. The molecule has 0 saturated carbocycles. The molecule has 0 aliphatic rings. The van der Waals surface area contributed by atoms with Crippen LogP contribution < -0.4 is 10.2 Å². The number of carbonyl (C=O) groups is 1. The van der Waals surface area contributed by atoms with Crippen LogP contribution in [0.15, 0.2) is 57.9 Å². The molecule has 0 amide bonds. The second-order valence-electron chi connectivity index (χ2n) is 6.30. The number of carbonyl (C=O) groups excluding carboxylic acids is 1. The molecule has 146 valence electrons. The Kier molecular flexibility index (Phi) is 6.37. The van der Waals surface area contributed by atoms with Crippen LogP contribution >= 0.6 is 11.6 Å². The Bertz CT molecular complexity index is 1040. The lowest BCUT2D eigenvalue weighted by Crippen LogP contribution is -2.28. The van der Waals surface area contributed by atoms with Crippen molar-refractivity contribution in [1.29, 1.82) is 0 Å². The molecule has 0 radical (unpaired) electrons. The van der Waals surface area contributed by atoms with Crippen molar-refractivity contribution in [3.05, 3.63) is 64.0 Å². The van der Waals surface area contributed by atoms with Crippen molar-refractivity contribution in [3.63, 3.8) is 0 Å². The zero-order chi connectivity index (χ0) is 20.1. The molecule has 0 N–H and O–H groups in total. The van der Waals surface area contributed by atoms with Gasteiger partial charge in [0.05, 0.1) is 17.6 Å². The molecule has 5 nitrogen and oxygen atoms in total. The molecule has 28 heavy (non-hydrogen) atoms. The summed E-state index contributed by atoms with van der Waals surface area (Å²) >= 11 is 6.20. The van der Waals surface area contributed by atoms with Crippen LogP contribution in [-0.4, -0.2) is 18.7 Å². The highest BCUT2D eigenvalue weighted by atomic mass is 35.5. The number of hydrogen-bond donors (Lipinski definition) is 0. The lowest BCUT2D eigenvalue weighted by molar-refractivity contribution is -0.152. The van der Waals surface area contributed by atoms with Crippen molar-refractivity contribution in [2.75, 3.05) is 6.61 Å². The number of ether oxygens (including phenoxy) is 2. The van der Waals surface area contributed by atoms with E-state index < -0.39 is 12.1 Å². The molecule has 1 atom stereocenters. The van der Waals surface area contributed by atoms with Crippen LogP contribution in [0.3, 0.4) is 0 Å². The van der Waals surface area contributed by atoms with Crippen LogP contribution in [0.2, 0.25) is 5.02 Å². The van der Waals surface area contributed by atoms with Crippen LogP contribution in [0.1, 0.15) is 26.7 Å². The monoisotopic (exact) mass is 400 g/mol. The van der Waals surface area contributed by atoms with E-state index in [1.165, 1.54) is 6.26 Å². The fraction of sp³-hybridized carbons (Fsp3) is 0.273. The second-order valence-corrected chi connectivity index (χ2v) is 6.71. The Labute approximate surface area is 167 Å². The molecule has 0 unspecified atom stereocenters. The molecule has 0 spiro atoms. The summed E-state index contributed by atoms with van der Waals surface area (Å²) in [6, 6.07) is 12.0. The molecule has 3 aromatic rings. The third-order valence-electron chi connectivity index (χ3n) is 4.27. The van der Waals surface area contributed by atoms with Crippen molar-refractivity contribution >= 4 is 28.5 Å². The first-order chi connectivity index (χ1) is 13.5. The third kappa shape index (κ3) is 4.20. The number of esters is 1. The van der Waals surface area contributed by atoms with E-state index in [1.54, 1.807) is 36.4 Å². The zero-order valence-electron chi connectivity index (χ0n) is 15.7. The SMILES string of the molecule is CCCOC(=O)[C@@H](CC)Oc1ccc2c(=O)c(-c3ccccc3Cl)coc2c1. The van der Waals surface area contributed by atoms with Gasteiger partial charge in [-0.1, -0.05) is 43.6 Å². The standard InChI is InChI=1S/C22H21ClO5/c1-3-11-26-22(25)19(4-2)28-14-9-10-16-20(12-14)27-13-17(21(16)24)15-7-5-6-8-18(15)23/h5-10,12-13,19H,3-4,11H2,1-2H3/t19-/m1/s1. The Hall–Kier alpha value is -2.79. The predicted molar refractivity (Wildman–Crippen MR) is 109 cm³/mol. The highest BCUT2D eigenvalue weighted by Crippen LogP contribution is 2.28. The van der Waals surface area contributed by atoms with Gasteiger partial charge < -0.3 is 13.9 Å². The molecule has 0 bridgehead atoms. The van der Waals surface area contributed by atoms with Gasteiger partial charge in [0.15, 0.2) is 6.10 Å². The molecule has 0 saturated heterocycles. The highest BCUT2D eigenvalue weighted by Gasteiger charge is 2.20. The van der Waals surface area contributed by atoms with Crippen molar-refractivity contribution in [3.8, 4) is 16.9 Å². The van der Waals surface area contributed by atoms with Crippen LogP contribution in [0.4, 0.5) is 0 Å². The quantitative estimate of drug-likeness (QED) is 0.508. The van der Waals surface area contributed by atoms with Crippen LogP contribution in [-0.2, 0) is 9.53 Å². The van der Waals surface area contributed by atoms with Crippen molar-refractivity contribution in [2.45, 2.75) is 32.8 Å². The molecular weight excluding hydrogens is 380 g/mol. The topological polar surface area (TPSA) is 65.7 Å². The van der Waals surface area contributed by atoms with Gasteiger partial charge in [-0.05, 0) is 31.0 Å². The lowest BCUT2D eigenvalue weighted by Gasteiger charge is -2.16. The number of rotatable bonds is 7. The predicted octanol–water partition coefficient (Wildman–Crippen LogP) is 5.22. The maximum Gasteiger partial charge on any atom is 0.347 e. The number of hydrogen-bond acceptors (Lipinski definition) is 5. The fourth-order valence-electron chi connectivity index (χ4n) is 2.81. The largest absolute Gasteiger partial charge is 0.479 e. The first kappa shape index (κ1) is 20.0. The van der Waals surface area contributed by atoms with Gasteiger partial charge in [-0.3, -0.25) is 4.79 Å². The van der Waals surface area contributed by atoms with Gasteiger partial charge in [0.1, 0.15) is 17.6 Å². The number of benzene rings is 2. The van der Waals surface area contributed by atoms with Crippen LogP contribution in [0, 0.1) is 0 Å². The Morgan fingerprint density at radius 2 is 1.93 bits per heavy atom. The molecule has 2 aromatic carbocycles. The first-order valence-electron chi connectivity index (χ1n) is 9.18. The van der Waals surface area contributed by atoms with Crippen molar-refractivity contribution < 1.29 is 18.7 Å². The molecule has 1 aromatic heterocycles. The summed E-state index contributed by atoms with van der Waals surface area (Å²) in [4.78, 5) is 24.9. The third-order valence-corrected chi connectivity index (χ3v) is 4.60. The Morgan fingerprint density at radius 3 is 2.64 bits per heavy atom. The van der Waals surface area contributed by atoms with Crippen LogP contribution in [0.25, 0.3) is 22.1 Å². The van der Waals surface area contributed by atoms with Crippen molar-refractivity contribution in [1.82, 2.24) is 0 Å². The van der Waals surface area contributed by atoms with Gasteiger partial charge >= 0.3 is 5.97 Å². The second kappa shape index (κ2) is 8.93. The summed E-state index contributed by atoms with van der Waals surface area (Å²) in [7, 11) is 0. The van der Waals surface area contributed by atoms with E-state index in [-0.39, 0.29) is 5.43 Å². The Balaban J connectivity index is 1.91. The van der Waals surface area contributed by atoms with Gasteiger partial charge in [0.25, 0.3) is 0 Å². The van der Waals surface area contributed by atoms with E-state index in [4.69, 9.17) is 25.5 Å². The molecule has 0 aliphatic heterocycles. The van der Waals surface area contributed by atoms with E-state index in [2.05, 4.69) is 0 Å². The minimum Gasteiger partial charge on any atom is -0.479 e. The number of halogens is 1. The smallest absolute Gasteiger partial charge is 0.347 e. The normalized spacial score (nSPS) is 12.0. The van der Waals surface area contributed by atoms with Gasteiger partial charge in [0.2, 0.25) is 5.43 Å². The van der Waals surface area contributed by atoms with E-state index in [0.717, 1.165) is 6.42 Å². The van der Waals surface area contributed by atoms with E-state index in [9.17, 15) is 9.59 Å². The van der Waals surface area contributed by atoms with Gasteiger partial charge in [-0.15, -0.1) is 0 Å². The summed E-state index contributed by atoms with van der Waals surface area (Å²) in [5.74, 6) is 0.0291. The Morgan fingerprint density at radius 1 is 1.14 bits per heavy atom. The first-order valence-corrected chi connectivity index (χ1v) is 9.56. The summed E-state index contributed by atoms with van der Waals surface area (Å²) < 4.78 is 16.6. The van der Waals surface area contributed by atoms with E-state index in [0.29, 0.717) is 45.9 Å². The summed E-state index contributed by atoms with van der Waals surface area (Å²) in [5, 5.41) is 0.886. The molecule has 6 heteroatoms. The van der Waals surface area contributed by atoms with Gasteiger partial charge in [0, 0.05) is 16.7 Å². The molecule has 3 rings (SSSR count). The maximum atomic E-state index is 12.9. The van der Waals surface area contributed by atoms with E-state index in [1.807, 2.05) is 19.9 Å². The zero-order valence-corrected chi connectivity index (χ0v) is 16.5. The molecule has 0 fully saturated rings. The van der Waals surface area contributed by atoms with Gasteiger partial charge in [-0.25, -0.2) is 4.79 Å². The summed E-state index contributed by atoms with van der Waals surface area (Å²) in [5.41, 5.74) is 1.19. The summed E-state index contributed by atoms with van der Waals surface area (Å²) in [6.07, 6.45) is 1.90.